The molecule has 0 fully saturated rings. The van der Waals surface area contributed by atoms with Crippen LogP contribution in [-0.2, 0) is 40.6 Å². The van der Waals surface area contributed by atoms with Crippen LogP contribution in [0.5, 0.6) is 0 Å². The molecule has 0 amide bonds. The Morgan fingerprint density at radius 2 is 0.727 bits per heavy atom. The van der Waals surface area contributed by atoms with Crippen LogP contribution in [0.2, 0.25) is 0 Å². The molecule has 0 aliphatic carbocycles. The topological polar surface area (TPSA) is 140 Å². The summed E-state index contributed by atoms with van der Waals surface area (Å²) in [4.78, 5) is 0. The lowest BCUT2D eigenvalue weighted by Crippen LogP contribution is -2.43. The lowest BCUT2D eigenvalue weighted by atomic mass is 11.3. The van der Waals surface area contributed by atoms with Crippen LogP contribution in [0.25, 0.3) is 0 Å². The number of hydrogen-bond acceptors (Lipinski definition) is 9. The Hall–Kier alpha value is 0.142. The fourth-order valence-electron chi connectivity index (χ4n) is 0.604. The van der Waals surface area contributed by atoms with E-state index in [9.17, 15) is 25.3 Å². The molecule has 0 heterocycles. The lowest BCUT2D eigenvalue weighted by molar-refractivity contribution is 0.278. The molecule has 0 bridgehead atoms. The Bertz CT molecular complexity index is 574. The maximum absolute atomic E-state index is 11.6. The quantitative estimate of drug-likeness (QED) is 0.383. The van der Waals surface area contributed by atoms with E-state index in [2.05, 4.69) is 9.70 Å². The summed E-state index contributed by atoms with van der Waals surface area (Å²) >= 11 is -4.17. The van der Waals surface area contributed by atoms with E-state index >= 15 is 0 Å². The molecule has 0 radical (unpaired) electrons. The first-order chi connectivity index (χ1) is 9.62. The van der Waals surface area contributed by atoms with Crippen LogP contribution in [0, 0.1) is 0 Å². The first-order valence-electron chi connectivity index (χ1n) is 5.44. The van der Waals surface area contributed by atoms with Gasteiger partial charge in [-0.25, -0.2) is 0 Å². The van der Waals surface area contributed by atoms with Gasteiger partial charge in [0.25, 0.3) is 0 Å². The van der Waals surface area contributed by atoms with E-state index in [0.717, 1.165) is 42.3 Å². The molecule has 0 rings (SSSR count). The Morgan fingerprint density at radius 3 is 0.864 bits per heavy atom. The van der Waals surface area contributed by atoms with Crippen molar-refractivity contribution in [3.05, 3.63) is 0 Å². The van der Waals surface area contributed by atoms with E-state index in [-0.39, 0.29) is 0 Å². The van der Waals surface area contributed by atoms with Crippen LogP contribution in [0.15, 0.2) is 0 Å². The summed E-state index contributed by atoms with van der Waals surface area (Å²) in [6, 6.07) is 0. The number of hydrogen-bond donors (Lipinski definition) is 0. The molecule has 0 unspecified atom stereocenters. The SMILES string of the molecule is CN(C)S(=O)(=O)[O][Al]([O]S(=O)(=O)N(C)C)[O]S(=O)(=O)N(C)C. The maximum Gasteiger partial charge on any atom is 0.954 e. The number of rotatable bonds is 9. The van der Waals surface area contributed by atoms with Gasteiger partial charge in [0.15, 0.2) is 0 Å². The minimum absolute atomic E-state index is 0.601. The monoisotopic (exact) mass is 399 g/mol. The van der Waals surface area contributed by atoms with Gasteiger partial charge < -0.3 is 9.70 Å². The number of nitrogens with zero attached hydrogens (tertiary/aromatic N) is 3. The van der Waals surface area contributed by atoms with Crippen molar-refractivity contribution in [2.24, 2.45) is 0 Å². The van der Waals surface area contributed by atoms with E-state index in [1.807, 2.05) is 0 Å². The predicted octanol–water partition coefficient (Wildman–Crippen LogP) is -2.56. The van der Waals surface area contributed by atoms with Gasteiger partial charge in [-0.15, -0.1) is 0 Å². The third kappa shape index (κ3) is 6.72. The van der Waals surface area contributed by atoms with Gasteiger partial charge in [0, 0.05) is 42.3 Å². The summed E-state index contributed by atoms with van der Waals surface area (Å²) in [5.41, 5.74) is 0. The van der Waals surface area contributed by atoms with Crippen molar-refractivity contribution in [1.82, 2.24) is 12.9 Å². The van der Waals surface area contributed by atoms with Gasteiger partial charge in [-0.05, 0) is 0 Å². The molecule has 0 atom stereocenters. The van der Waals surface area contributed by atoms with Gasteiger partial charge in [0.1, 0.15) is 0 Å². The smallest absolute Gasteiger partial charge is 0.329 e. The minimum atomic E-state index is -4.41. The molecular formula is C6H18AlN3O9S3. The predicted molar refractivity (Wildman–Crippen MR) is 76.8 cm³/mol. The second-order valence-corrected chi connectivity index (χ2v) is 11.9. The second-order valence-electron chi connectivity index (χ2n) is 4.30. The van der Waals surface area contributed by atoms with Crippen LogP contribution >= 0.6 is 0 Å². The van der Waals surface area contributed by atoms with Gasteiger partial charge in [0.05, 0.1) is 0 Å². The Morgan fingerprint density at radius 1 is 0.545 bits per heavy atom. The van der Waals surface area contributed by atoms with E-state index in [0.29, 0.717) is 12.9 Å². The summed E-state index contributed by atoms with van der Waals surface area (Å²) in [5, 5.41) is 0. The van der Waals surface area contributed by atoms with Crippen molar-refractivity contribution >= 4 is 46.1 Å². The van der Waals surface area contributed by atoms with Crippen molar-refractivity contribution in [2.75, 3.05) is 42.3 Å². The summed E-state index contributed by atoms with van der Waals surface area (Å²) in [7, 11) is -6.65. The molecule has 0 spiro atoms. The highest BCUT2D eigenvalue weighted by atomic mass is 32.3. The van der Waals surface area contributed by atoms with E-state index in [4.69, 9.17) is 0 Å². The maximum atomic E-state index is 11.6. The average Bonchev–Trinajstić information content (AvgIpc) is 2.25. The first-order valence-corrected chi connectivity index (χ1v) is 10.9. The van der Waals surface area contributed by atoms with E-state index in [1.165, 1.54) is 0 Å². The molecule has 0 aromatic carbocycles. The molecule has 16 heteroatoms. The lowest BCUT2D eigenvalue weighted by Gasteiger charge is -2.19. The molecule has 0 aromatic rings. The summed E-state index contributed by atoms with van der Waals surface area (Å²) in [5.74, 6) is 0. The Kier molecular flexibility index (Phi) is 7.86. The minimum Gasteiger partial charge on any atom is -0.329 e. The second kappa shape index (κ2) is 7.81. The summed E-state index contributed by atoms with van der Waals surface area (Å²) in [6.07, 6.45) is 0. The molecule has 0 aliphatic rings. The third-order valence-corrected chi connectivity index (χ3v) is 9.43. The third-order valence-electron chi connectivity index (χ3n) is 1.94. The molecule has 0 saturated heterocycles. The van der Waals surface area contributed by atoms with E-state index < -0.39 is 46.1 Å². The fraction of sp³-hybridized carbons (Fsp3) is 1.00. The molecule has 132 valence electrons. The van der Waals surface area contributed by atoms with E-state index in [1.54, 1.807) is 0 Å². The zero-order valence-corrected chi connectivity index (χ0v) is 16.4. The van der Waals surface area contributed by atoms with Crippen molar-refractivity contribution < 1.29 is 35.0 Å². The first kappa shape index (κ1) is 22.1. The summed E-state index contributed by atoms with van der Waals surface area (Å²) < 4.78 is 84.8. The van der Waals surface area contributed by atoms with Crippen LogP contribution < -0.4 is 0 Å². The van der Waals surface area contributed by atoms with Gasteiger partial charge in [0.2, 0.25) is 0 Å². The average molecular weight is 399 g/mol. The van der Waals surface area contributed by atoms with Crippen molar-refractivity contribution in [2.45, 2.75) is 0 Å². The Labute approximate surface area is 136 Å². The summed E-state index contributed by atoms with van der Waals surface area (Å²) in [6.45, 7) is 0. The van der Waals surface area contributed by atoms with Crippen LogP contribution in [-0.4, -0.2) is 95.6 Å². The van der Waals surface area contributed by atoms with Gasteiger partial charge in [-0.1, -0.05) is 0 Å². The molecule has 12 nitrogen and oxygen atoms in total. The van der Waals surface area contributed by atoms with Gasteiger partial charge in [-0.2, -0.15) is 38.2 Å². The molecule has 0 saturated carbocycles. The van der Waals surface area contributed by atoms with Gasteiger partial charge in [-0.3, -0.25) is 0 Å². The standard InChI is InChI=1S/3C2H7NO3S.Al/c3*1-3(2)7(4,5)6;/h3*1-2H3,(H,4,5,6);/q;;;+3/p-3. The largest absolute Gasteiger partial charge is 0.954 e. The van der Waals surface area contributed by atoms with Crippen LogP contribution in [0.4, 0.5) is 0 Å². The van der Waals surface area contributed by atoms with Crippen LogP contribution in [0.3, 0.4) is 0 Å². The molecule has 22 heavy (non-hydrogen) atoms. The molecule has 0 N–H and O–H groups in total. The molecular weight excluding hydrogens is 381 g/mol. The molecule has 0 aromatic heterocycles. The zero-order valence-electron chi connectivity index (χ0n) is 12.8. The van der Waals surface area contributed by atoms with Crippen molar-refractivity contribution in [3.8, 4) is 0 Å². The Balaban J connectivity index is 5.53. The van der Waals surface area contributed by atoms with Gasteiger partial charge >= 0.3 is 46.1 Å². The fourth-order valence-corrected chi connectivity index (χ4v) is 6.30. The van der Waals surface area contributed by atoms with Crippen molar-refractivity contribution in [1.29, 1.82) is 0 Å². The highest BCUT2D eigenvalue weighted by molar-refractivity contribution is 7.88. The molecule has 0 aliphatic heterocycles. The van der Waals surface area contributed by atoms with Crippen molar-refractivity contribution in [3.63, 3.8) is 0 Å². The highest BCUT2D eigenvalue weighted by Gasteiger charge is 2.48. The highest BCUT2D eigenvalue weighted by Crippen LogP contribution is 2.11. The normalized spacial score (nSPS) is 14.0. The van der Waals surface area contributed by atoms with Crippen LogP contribution in [0.1, 0.15) is 0 Å². The zero-order chi connectivity index (χ0) is 17.9.